The number of hydrogen-bond acceptors (Lipinski definition) is 3. The van der Waals surface area contributed by atoms with Crippen molar-refractivity contribution in [2.45, 2.75) is 32.6 Å². The van der Waals surface area contributed by atoms with Crippen molar-refractivity contribution in [1.82, 2.24) is 5.32 Å². The molecule has 3 nitrogen and oxygen atoms in total. The van der Waals surface area contributed by atoms with Gasteiger partial charge in [0.2, 0.25) is 0 Å². The number of carbonyl (C=O) groups is 2. The molecule has 1 aliphatic heterocycles. The summed E-state index contributed by atoms with van der Waals surface area (Å²) in [7, 11) is 0. The third-order valence-electron chi connectivity index (χ3n) is 5.94. The number of carbonyl (C=O) groups excluding carboxylic acids is 2. The predicted octanol–water partition coefficient (Wildman–Crippen LogP) is 5.28. The molecule has 5 rings (SSSR count). The Kier molecular flexibility index (Phi) is 3.69. The maximum atomic E-state index is 13.4. The average molecular weight is 390 g/mol. The van der Waals surface area contributed by atoms with Gasteiger partial charge in [0, 0.05) is 45.3 Å². The first-order chi connectivity index (χ1) is 13.4. The smallest absolute Gasteiger partial charge is 0.192 e. The first-order valence-corrected chi connectivity index (χ1v) is 9.91. The number of halogens is 1. The Morgan fingerprint density at radius 2 is 1.61 bits per heavy atom. The van der Waals surface area contributed by atoms with Crippen LogP contribution < -0.4 is 5.32 Å². The van der Waals surface area contributed by atoms with Gasteiger partial charge in [-0.15, -0.1) is 0 Å². The van der Waals surface area contributed by atoms with E-state index in [9.17, 15) is 9.59 Å². The van der Waals surface area contributed by atoms with Gasteiger partial charge < -0.3 is 5.32 Å². The summed E-state index contributed by atoms with van der Waals surface area (Å²) in [5.41, 5.74) is 5.39. The van der Waals surface area contributed by atoms with E-state index in [-0.39, 0.29) is 17.0 Å². The summed E-state index contributed by atoms with van der Waals surface area (Å²) in [6.07, 6.45) is 1.24. The van der Waals surface area contributed by atoms with Crippen LogP contribution in [0.5, 0.6) is 0 Å². The van der Waals surface area contributed by atoms with Crippen molar-refractivity contribution in [3.8, 4) is 0 Å². The van der Waals surface area contributed by atoms with Crippen LogP contribution in [-0.2, 0) is 4.79 Å². The lowest BCUT2D eigenvalue weighted by Gasteiger charge is -2.39. The highest BCUT2D eigenvalue weighted by molar-refractivity contribution is 6.32. The molecule has 2 aromatic carbocycles. The molecular formula is C24H20ClNO2. The summed E-state index contributed by atoms with van der Waals surface area (Å²) in [5, 5.41) is 4.06. The Bertz CT molecular complexity index is 1120. The third kappa shape index (κ3) is 2.43. The number of benzene rings is 2. The number of rotatable bonds is 1. The molecule has 0 amide bonds. The minimum absolute atomic E-state index is 0.0211. The van der Waals surface area contributed by atoms with Gasteiger partial charge >= 0.3 is 0 Å². The van der Waals surface area contributed by atoms with Crippen LogP contribution in [0.25, 0.3) is 5.70 Å². The van der Waals surface area contributed by atoms with E-state index in [2.05, 4.69) is 19.2 Å². The Morgan fingerprint density at radius 1 is 0.929 bits per heavy atom. The molecule has 1 N–H and O–H groups in total. The van der Waals surface area contributed by atoms with Gasteiger partial charge in [-0.2, -0.15) is 0 Å². The minimum Gasteiger partial charge on any atom is -0.358 e. The van der Waals surface area contributed by atoms with Crippen molar-refractivity contribution in [2.75, 3.05) is 0 Å². The SMILES string of the molecule is CC1(C)CC(=O)C2=C(C1)NC1=C(C(=O)c3ccccc31)C2c1ccccc1Cl. The minimum atomic E-state index is -0.427. The number of Topliss-reactive ketones (excluding diaryl/α,β-unsaturated/α-hetero) is 2. The fraction of sp³-hybridized carbons (Fsp3) is 0.250. The maximum Gasteiger partial charge on any atom is 0.192 e. The number of nitrogens with one attached hydrogen (secondary N) is 1. The van der Waals surface area contributed by atoms with Crippen LogP contribution in [0.4, 0.5) is 0 Å². The number of allylic oxidation sites excluding steroid dienone is 3. The summed E-state index contributed by atoms with van der Waals surface area (Å²) in [6.45, 7) is 4.22. The molecule has 0 radical (unpaired) electrons. The summed E-state index contributed by atoms with van der Waals surface area (Å²) in [6, 6.07) is 15.2. The molecule has 1 atom stereocenters. The number of hydrogen-bond donors (Lipinski definition) is 1. The van der Waals surface area contributed by atoms with Crippen molar-refractivity contribution in [3.63, 3.8) is 0 Å². The molecule has 0 aromatic heterocycles. The van der Waals surface area contributed by atoms with Crippen LogP contribution in [0, 0.1) is 5.41 Å². The number of ketones is 2. The largest absolute Gasteiger partial charge is 0.358 e. The summed E-state index contributed by atoms with van der Waals surface area (Å²) in [4.78, 5) is 26.6. The first-order valence-electron chi connectivity index (χ1n) is 9.53. The van der Waals surface area contributed by atoms with E-state index in [0.29, 0.717) is 28.2 Å². The van der Waals surface area contributed by atoms with Crippen LogP contribution in [0.2, 0.25) is 5.02 Å². The van der Waals surface area contributed by atoms with E-state index in [1.165, 1.54) is 0 Å². The second kappa shape index (κ2) is 5.92. The molecule has 2 aromatic rings. The second-order valence-corrected chi connectivity index (χ2v) is 8.98. The molecule has 1 unspecified atom stereocenters. The average Bonchev–Trinajstić information content (AvgIpc) is 2.92. The molecule has 0 fully saturated rings. The van der Waals surface area contributed by atoms with Crippen LogP contribution in [0.1, 0.15) is 54.1 Å². The molecule has 4 heteroatoms. The molecule has 28 heavy (non-hydrogen) atoms. The quantitative estimate of drug-likeness (QED) is 0.721. The molecule has 0 saturated carbocycles. The van der Waals surface area contributed by atoms with Gasteiger partial charge in [-0.05, 0) is 23.5 Å². The van der Waals surface area contributed by atoms with Gasteiger partial charge in [-0.1, -0.05) is 67.9 Å². The Hall–Kier alpha value is -2.65. The van der Waals surface area contributed by atoms with Crippen molar-refractivity contribution in [2.24, 2.45) is 5.41 Å². The standard InChI is InChI=1S/C24H20ClNO2/c1-24(2)11-17-20(18(27)12-24)19(15-9-5-6-10-16(15)25)21-22(26-17)13-7-3-4-8-14(13)23(21)28/h3-10,19,26H,11-12H2,1-2H3. The Balaban J connectivity index is 1.78. The van der Waals surface area contributed by atoms with E-state index in [1.807, 2.05) is 48.5 Å². The molecule has 0 spiro atoms. The maximum absolute atomic E-state index is 13.4. The monoisotopic (exact) mass is 389 g/mol. The second-order valence-electron chi connectivity index (χ2n) is 8.58. The normalized spacial score (nSPS) is 22.6. The van der Waals surface area contributed by atoms with Crippen LogP contribution >= 0.6 is 11.6 Å². The van der Waals surface area contributed by atoms with Gasteiger partial charge in [0.15, 0.2) is 11.6 Å². The lowest BCUT2D eigenvalue weighted by Crippen LogP contribution is -2.37. The van der Waals surface area contributed by atoms with E-state index >= 15 is 0 Å². The molecule has 0 saturated heterocycles. The molecule has 1 heterocycles. The van der Waals surface area contributed by atoms with Gasteiger partial charge in [0.1, 0.15) is 0 Å². The summed E-state index contributed by atoms with van der Waals surface area (Å²) >= 11 is 6.55. The predicted molar refractivity (Wildman–Crippen MR) is 110 cm³/mol. The summed E-state index contributed by atoms with van der Waals surface area (Å²) in [5.74, 6) is -0.352. The number of dihydropyridines is 1. The van der Waals surface area contributed by atoms with Gasteiger partial charge in [0.25, 0.3) is 0 Å². The van der Waals surface area contributed by atoms with E-state index < -0.39 is 5.92 Å². The zero-order valence-corrected chi connectivity index (χ0v) is 16.6. The van der Waals surface area contributed by atoms with E-state index in [0.717, 1.165) is 28.9 Å². The van der Waals surface area contributed by atoms with Crippen molar-refractivity contribution < 1.29 is 9.59 Å². The summed E-state index contributed by atoms with van der Waals surface area (Å²) < 4.78 is 0. The van der Waals surface area contributed by atoms with Gasteiger partial charge in [-0.25, -0.2) is 0 Å². The fourth-order valence-corrected chi connectivity index (χ4v) is 5.05. The third-order valence-corrected chi connectivity index (χ3v) is 6.29. The van der Waals surface area contributed by atoms with Gasteiger partial charge in [0.05, 0.1) is 5.70 Å². The molecule has 0 bridgehead atoms. The van der Waals surface area contributed by atoms with Crippen molar-refractivity contribution in [1.29, 1.82) is 0 Å². The Labute approximate surface area is 169 Å². The van der Waals surface area contributed by atoms with Crippen LogP contribution in [0.15, 0.2) is 65.4 Å². The molecule has 3 aliphatic rings. The lowest BCUT2D eigenvalue weighted by molar-refractivity contribution is -0.118. The highest BCUT2D eigenvalue weighted by Crippen LogP contribution is 2.52. The van der Waals surface area contributed by atoms with Crippen molar-refractivity contribution >= 4 is 28.9 Å². The lowest BCUT2D eigenvalue weighted by atomic mass is 9.68. The zero-order valence-electron chi connectivity index (χ0n) is 15.8. The van der Waals surface area contributed by atoms with E-state index in [1.54, 1.807) is 0 Å². The fourth-order valence-electron chi connectivity index (χ4n) is 4.81. The highest BCUT2D eigenvalue weighted by Gasteiger charge is 2.46. The topological polar surface area (TPSA) is 46.2 Å². The van der Waals surface area contributed by atoms with Crippen molar-refractivity contribution in [3.05, 3.63) is 87.1 Å². The number of fused-ring (bicyclic) bond motifs is 2. The first kappa shape index (κ1) is 17.4. The van der Waals surface area contributed by atoms with E-state index in [4.69, 9.17) is 11.6 Å². The van der Waals surface area contributed by atoms with Crippen LogP contribution in [-0.4, -0.2) is 11.6 Å². The molecule has 140 valence electrons. The van der Waals surface area contributed by atoms with Crippen LogP contribution in [0.3, 0.4) is 0 Å². The molecular weight excluding hydrogens is 370 g/mol. The Morgan fingerprint density at radius 3 is 2.36 bits per heavy atom. The molecule has 2 aliphatic carbocycles. The highest BCUT2D eigenvalue weighted by atomic mass is 35.5. The zero-order chi connectivity index (χ0) is 19.6. The van der Waals surface area contributed by atoms with Gasteiger partial charge in [-0.3, -0.25) is 9.59 Å².